The topological polar surface area (TPSA) is 63.4 Å². The van der Waals surface area contributed by atoms with Crippen LogP contribution in [0, 0.1) is 16.0 Å². The van der Waals surface area contributed by atoms with Crippen molar-refractivity contribution in [2.45, 2.75) is 26.2 Å². The van der Waals surface area contributed by atoms with Crippen LogP contribution in [-0.4, -0.2) is 24.3 Å². The first-order valence-corrected chi connectivity index (χ1v) is 6.64. The summed E-state index contributed by atoms with van der Waals surface area (Å²) in [6, 6.07) is 4.51. The van der Waals surface area contributed by atoms with Crippen LogP contribution in [0.4, 0.5) is 11.4 Å². The summed E-state index contributed by atoms with van der Waals surface area (Å²) in [6.07, 6.45) is 4.13. The molecule has 1 heterocycles. The second-order valence-corrected chi connectivity index (χ2v) is 4.96. The van der Waals surface area contributed by atoms with Crippen molar-refractivity contribution >= 4 is 17.7 Å². The molecule has 1 aliphatic rings. The number of carbonyl (C=O) groups is 1. The van der Waals surface area contributed by atoms with Gasteiger partial charge in [0.25, 0.3) is 5.69 Å². The van der Waals surface area contributed by atoms with Crippen LogP contribution in [0.5, 0.6) is 0 Å². The number of benzene rings is 1. The molecule has 1 aliphatic heterocycles. The minimum absolute atomic E-state index is 0.0331. The van der Waals surface area contributed by atoms with Gasteiger partial charge >= 0.3 is 0 Å². The van der Waals surface area contributed by atoms with E-state index in [1.807, 2.05) is 0 Å². The van der Waals surface area contributed by atoms with Gasteiger partial charge in [-0.25, -0.2) is 0 Å². The molecule has 0 spiro atoms. The summed E-state index contributed by atoms with van der Waals surface area (Å²) >= 11 is 0. The highest BCUT2D eigenvalue weighted by atomic mass is 16.6. The lowest BCUT2D eigenvalue weighted by Crippen LogP contribution is -2.34. The van der Waals surface area contributed by atoms with Crippen molar-refractivity contribution in [2.24, 2.45) is 5.92 Å². The molecular formula is C14H18N2O3. The Bertz CT molecular complexity index is 480. The number of rotatable bonds is 4. The molecule has 0 atom stereocenters. The average Bonchev–Trinajstić information content (AvgIpc) is 2.46. The fraction of sp³-hybridized carbons (Fsp3) is 0.500. The number of hydrogen-bond acceptors (Lipinski definition) is 4. The molecule has 5 nitrogen and oxygen atoms in total. The zero-order valence-electron chi connectivity index (χ0n) is 11.0. The van der Waals surface area contributed by atoms with Crippen LogP contribution in [0.3, 0.4) is 0 Å². The van der Waals surface area contributed by atoms with E-state index in [1.54, 1.807) is 6.07 Å². The van der Waals surface area contributed by atoms with Crippen LogP contribution in [0.25, 0.3) is 0 Å². The highest BCUT2D eigenvalue weighted by Gasteiger charge is 2.21. The molecular weight excluding hydrogens is 244 g/mol. The summed E-state index contributed by atoms with van der Waals surface area (Å²) in [5.74, 6) is 0.758. The Morgan fingerprint density at radius 2 is 2.11 bits per heavy atom. The third-order valence-electron chi connectivity index (χ3n) is 3.88. The van der Waals surface area contributed by atoms with Crippen LogP contribution < -0.4 is 4.90 Å². The molecule has 1 fully saturated rings. The van der Waals surface area contributed by atoms with Crippen molar-refractivity contribution in [1.29, 1.82) is 0 Å². The van der Waals surface area contributed by atoms with Gasteiger partial charge < -0.3 is 4.90 Å². The van der Waals surface area contributed by atoms with Crippen LogP contribution in [0.15, 0.2) is 18.2 Å². The number of nitro groups is 1. The lowest BCUT2D eigenvalue weighted by molar-refractivity contribution is -0.384. The van der Waals surface area contributed by atoms with Gasteiger partial charge in [-0.3, -0.25) is 14.9 Å². The Morgan fingerprint density at radius 3 is 2.63 bits per heavy atom. The van der Waals surface area contributed by atoms with Crippen molar-refractivity contribution in [3.8, 4) is 0 Å². The van der Waals surface area contributed by atoms with Crippen molar-refractivity contribution in [3.05, 3.63) is 33.9 Å². The van der Waals surface area contributed by atoms with E-state index < -0.39 is 4.92 Å². The Kier molecular flexibility index (Phi) is 4.14. The fourth-order valence-corrected chi connectivity index (χ4v) is 2.62. The van der Waals surface area contributed by atoms with Gasteiger partial charge in [0.2, 0.25) is 0 Å². The molecule has 0 bridgehead atoms. The molecule has 1 aromatic rings. The normalized spacial score (nSPS) is 16.4. The number of non-ortho nitro benzene ring substituents is 1. The van der Waals surface area contributed by atoms with Crippen LogP contribution >= 0.6 is 0 Å². The number of nitro benzene ring substituents is 1. The molecule has 19 heavy (non-hydrogen) atoms. The van der Waals surface area contributed by atoms with E-state index in [9.17, 15) is 14.9 Å². The van der Waals surface area contributed by atoms with Gasteiger partial charge in [0, 0.05) is 36.5 Å². The summed E-state index contributed by atoms with van der Waals surface area (Å²) in [6.45, 7) is 4.03. The summed E-state index contributed by atoms with van der Waals surface area (Å²) in [7, 11) is 0. The van der Waals surface area contributed by atoms with Crippen molar-refractivity contribution in [3.63, 3.8) is 0 Å². The van der Waals surface area contributed by atoms with E-state index in [2.05, 4.69) is 11.8 Å². The van der Waals surface area contributed by atoms with Crippen LogP contribution in [0.2, 0.25) is 0 Å². The smallest absolute Gasteiger partial charge is 0.270 e. The summed E-state index contributed by atoms with van der Waals surface area (Å²) in [5.41, 5.74) is 1.19. The SMILES string of the molecule is CCC1CCN(c2ccc([N+](=O)[O-])cc2C=O)CC1. The molecule has 102 valence electrons. The highest BCUT2D eigenvalue weighted by molar-refractivity contribution is 5.86. The molecule has 0 unspecified atom stereocenters. The van der Waals surface area contributed by atoms with E-state index in [4.69, 9.17) is 0 Å². The predicted molar refractivity (Wildman–Crippen MR) is 73.7 cm³/mol. The third-order valence-corrected chi connectivity index (χ3v) is 3.88. The Labute approximate surface area is 112 Å². The molecule has 0 radical (unpaired) electrons. The van der Waals surface area contributed by atoms with E-state index in [0.29, 0.717) is 11.8 Å². The standard InChI is InChI=1S/C14H18N2O3/c1-2-11-5-7-15(8-6-11)14-4-3-13(16(18)19)9-12(14)10-17/h3-4,9-11H,2,5-8H2,1H3. The van der Waals surface area contributed by atoms with Crippen molar-refractivity contribution in [1.82, 2.24) is 0 Å². The van der Waals surface area contributed by atoms with Crippen LogP contribution in [0.1, 0.15) is 36.5 Å². The number of anilines is 1. The first-order chi connectivity index (χ1) is 9.15. The zero-order valence-corrected chi connectivity index (χ0v) is 11.0. The molecule has 0 amide bonds. The maximum absolute atomic E-state index is 11.1. The van der Waals surface area contributed by atoms with Gasteiger partial charge in [0.05, 0.1) is 4.92 Å². The number of aldehydes is 1. The molecule has 5 heteroatoms. The largest absolute Gasteiger partial charge is 0.371 e. The lowest BCUT2D eigenvalue weighted by Gasteiger charge is -2.33. The minimum Gasteiger partial charge on any atom is -0.371 e. The Hall–Kier alpha value is -1.91. The number of carbonyl (C=O) groups excluding carboxylic acids is 1. The first-order valence-electron chi connectivity index (χ1n) is 6.64. The van der Waals surface area contributed by atoms with Crippen LogP contribution in [-0.2, 0) is 0 Å². The monoisotopic (exact) mass is 262 g/mol. The van der Waals surface area contributed by atoms with Gasteiger partial charge in [-0.1, -0.05) is 13.3 Å². The molecule has 0 saturated carbocycles. The number of piperidine rings is 1. The molecule has 0 N–H and O–H groups in total. The summed E-state index contributed by atoms with van der Waals surface area (Å²) in [5, 5.41) is 10.7. The Balaban J connectivity index is 2.20. The maximum Gasteiger partial charge on any atom is 0.270 e. The van der Waals surface area contributed by atoms with E-state index in [-0.39, 0.29) is 5.69 Å². The van der Waals surface area contributed by atoms with Gasteiger partial charge in [-0.05, 0) is 24.8 Å². The molecule has 1 aromatic carbocycles. The van der Waals surface area contributed by atoms with E-state index in [1.165, 1.54) is 18.6 Å². The predicted octanol–water partition coefficient (Wildman–Crippen LogP) is 3.03. The zero-order chi connectivity index (χ0) is 13.8. The van der Waals surface area contributed by atoms with Gasteiger partial charge in [-0.15, -0.1) is 0 Å². The first kappa shape index (κ1) is 13.5. The average molecular weight is 262 g/mol. The third kappa shape index (κ3) is 2.92. The summed E-state index contributed by atoms with van der Waals surface area (Å²) < 4.78 is 0. The quantitative estimate of drug-likeness (QED) is 0.475. The van der Waals surface area contributed by atoms with E-state index in [0.717, 1.165) is 37.5 Å². The van der Waals surface area contributed by atoms with Gasteiger partial charge in [-0.2, -0.15) is 0 Å². The van der Waals surface area contributed by atoms with Crippen molar-refractivity contribution in [2.75, 3.05) is 18.0 Å². The summed E-state index contributed by atoms with van der Waals surface area (Å²) in [4.78, 5) is 23.5. The highest BCUT2D eigenvalue weighted by Crippen LogP contribution is 2.29. The minimum atomic E-state index is -0.472. The van der Waals surface area contributed by atoms with Crippen molar-refractivity contribution < 1.29 is 9.72 Å². The second-order valence-electron chi connectivity index (χ2n) is 4.96. The fourth-order valence-electron chi connectivity index (χ4n) is 2.62. The van der Waals surface area contributed by atoms with Gasteiger partial charge in [0.15, 0.2) is 6.29 Å². The van der Waals surface area contributed by atoms with Gasteiger partial charge in [0.1, 0.15) is 0 Å². The number of hydrogen-bond donors (Lipinski definition) is 0. The van der Waals surface area contributed by atoms with E-state index >= 15 is 0 Å². The second kappa shape index (κ2) is 5.82. The molecule has 0 aromatic heterocycles. The molecule has 1 saturated heterocycles. The Morgan fingerprint density at radius 1 is 1.42 bits per heavy atom. The lowest BCUT2D eigenvalue weighted by atomic mass is 9.94. The number of nitrogens with zero attached hydrogens (tertiary/aromatic N) is 2. The molecule has 0 aliphatic carbocycles. The molecule has 2 rings (SSSR count). The maximum atomic E-state index is 11.1.